The molecule has 0 aliphatic heterocycles. The number of ether oxygens (including phenoxy) is 1. The predicted octanol–water partition coefficient (Wildman–Crippen LogP) is 1.37. The Morgan fingerprint density at radius 1 is 1.56 bits per heavy atom. The van der Waals surface area contributed by atoms with Crippen LogP contribution < -0.4 is 10.6 Å². The second-order valence-corrected chi connectivity index (χ2v) is 4.61. The lowest BCUT2D eigenvalue weighted by atomic mass is 10.2. The Morgan fingerprint density at radius 3 is 2.88 bits per heavy atom. The van der Waals surface area contributed by atoms with Crippen molar-refractivity contribution in [3.63, 3.8) is 0 Å². The molecule has 3 unspecified atom stereocenters. The lowest BCUT2D eigenvalue weighted by Gasteiger charge is -2.17. The Morgan fingerprint density at radius 2 is 2.31 bits per heavy atom. The molecule has 4 nitrogen and oxygen atoms in total. The highest BCUT2D eigenvalue weighted by molar-refractivity contribution is 5.80. The van der Waals surface area contributed by atoms with E-state index in [2.05, 4.69) is 29.5 Å². The zero-order chi connectivity index (χ0) is 12.0. The summed E-state index contributed by atoms with van der Waals surface area (Å²) in [6.45, 7) is 5.03. The lowest BCUT2D eigenvalue weighted by molar-refractivity contribution is 0.179. The molecular weight excluding hydrogens is 202 g/mol. The molecule has 94 valence electrons. The maximum absolute atomic E-state index is 5.08. The summed E-state index contributed by atoms with van der Waals surface area (Å²) in [6, 6.07) is 0.917. The number of aliphatic imine (C=N–C) groups is 1. The number of guanidine groups is 1. The van der Waals surface area contributed by atoms with E-state index < -0.39 is 0 Å². The lowest BCUT2D eigenvalue weighted by Crippen LogP contribution is -2.45. The van der Waals surface area contributed by atoms with Crippen LogP contribution in [-0.2, 0) is 4.74 Å². The van der Waals surface area contributed by atoms with E-state index in [-0.39, 0.29) is 0 Å². The molecule has 1 fully saturated rings. The molecule has 0 bridgehead atoms. The number of nitrogens with one attached hydrogen (secondary N) is 2. The Balaban J connectivity index is 2.23. The van der Waals surface area contributed by atoms with Crippen LogP contribution in [0.1, 0.15) is 33.1 Å². The first-order valence-corrected chi connectivity index (χ1v) is 6.20. The molecule has 1 rings (SSSR count). The van der Waals surface area contributed by atoms with Gasteiger partial charge in [0.2, 0.25) is 0 Å². The van der Waals surface area contributed by atoms with Crippen molar-refractivity contribution in [2.24, 2.45) is 10.9 Å². The molecule has 0 saturated heterocycles. The fourth-order valence-electron chi connectivity index (χ4n) is 1.99. The summed E-state index contributed by atoms with van der Waals surface area (Å²) in [5.74, 6) is 1.74. The minimum absolute atomic E-state index is 0.291. The molecule has 0 spiro atoms. The average Bonchev–Trinajstić information content (AvgIpc) is 2.96. The highest BCUT2D eigenvalue weighted by atomic mass is 16.5. The van der Waals surface area contributed by atoms with Gasteiger partial charge in [0.25, 0.3) is 0 Å². The Kier molecular flexibility index (Phi) is 5.60. The van der Waals surface area contributed by atoms with Gasteiger partial charge >= 0.3 is 0 Å². The third kappa shape index (κ3) is 4.39. The van der Waals surface area contributed by atoms with Crippen LogP contribution in [0.15, 0.2) is 4.99 Å². The van der Waals surface area contributed by atoms with Crippen molar-refractivity contribution in [3.05, 3.63) is 0 Å². The molecule has 1 saturated carbocycles. The molecule has 3 atom stereocenters. The standard InChI is InChI=1S/C12H25N3O/c1-5-6-10-7-11(10)15-12(13-3)14-9(2)8-16-4/h9-11H,5-8H2,1-4H3,(H2,13,14,15). The highest BCUT2D eigenvalue weighted by Crippen LogP contribution is 2.34. The minimum atomic E-state index is 0.291. The van der Waals surface area contributed by atoms with Crippen molar-refractivity contribution in [1.29, 1.82) is 0 Å². The normalized spacial score (nSPS) is 26.4. The molecule has 0 radical (unpaired) electrons. The van der Waals surface area contributed by atoms with Crippen molar-refractivity contribution in [1.82, 2.24) is 10.6 Å². The Hall–Kier alpha value is -0.770. The van der Waals surface area contributed by atoms with Gasteiger partial charge < -0.3 is 15.4 Å². The fraction of sp³-hybridized carbons (Fsp3) is 0.917. The largest absolute Gasteiger partial charge is 0.383 e. The second kappa shape index (κ2) is 6.74. The Bertz CT molecular complexity index is 230. The van der Waals surface area contributed by atoms with Crippen LogP contribution in [0.4, 0.5) is 0 Å². The van der Waals surface area contributed by atoms with Crippen LogP contribution in [-0.4, -0.2) is 38.8 Å². The van der Waals surface area contributed by atoms with Gasteiger partial charge in [-0.1, -0.05) is 13.3 Å². The highest BCUT2D eigenvalue weighted by Gasteiger charge is 2.36. The van der Waals surface area contributed by atoms with E-state index in [1.165, 1.54) is 19.3 Å². The summed E-state index contributed by atoms with van der Waals surface area (Å²) < 4.78 is 5.08. The van der Waals surface area contributed by atoms with Gasteiger partial charge in [-0.3, -0.25) is 4.99 Å². The molecule has 0 amide bonds. The van der Waals surface area contributed by atoms with Crippen LogP contribution in [0.3, 0.4) is 0 Å². The average molecular weight is 227 g/mol. The molecule has 16 heavy (non-hydrogen) atoms. The molecule has 1 aliphatic rings. The number of methoxy groups -OCH3 is 1. The fourth-order valence-corrected chi connectivity index (χ4v) is 1.99. The van der Waals surface area contributed by atoms with E-state index in [4.69, 9.17) is 4.74 Å². The SMILES string of the molecule is CCCC1CC1NC(=NC)NC(C)COC. The smallest absolute Gasteiger partial charge is 0.191 e. The maximum Gasteiger partial charge on any atom is 0.191 e. The van der Waals surface area contributed by atoms with Gasteiger partial charge in [0.1, 0.15) is 0 Å². The zero-order valence-corrected chi connectivity index (χ0v) is 10.9. The topological polar surface area (TPSA) is 45.7 Å². The maximum atomic E-state index is 5.08. The summed E-state index contributed by atoms with van der Waals surface area (Å²) in [5.41, 5.74) is 0. The zero-order valence-electron chi connectivity index (χ0n) is 10.9. The van der Waals surface area contributed by atoms with Crippen molar-refractivity contribution in [2.75, 3.05) is 20.8 Å². The van der Waals surface area contributed by atoms with Crippen LogP contribution in [0.5, 0.6) is 0 Å². The Labute approximate surface area is 98.9 Å². The van der Waals surface area contributed by atoms with Crippen molar-refractivity contribution < 1.29 is 4.74 Å². The molecule has 0 heterocycles. The quantitative estimate of drug-likeness (QED) is 0.532. The van der Waals surface area contributed by atoms with Crippen molar-refractivity contribution in [3.8, 4) is 0 Å². The van der Waals surface area contributed by atoms with Gasteiger partial charge in [0.15, 0.2) is 5.96 Å². The second-order valence-electron chi connectivity index (χ2n) is 4.61. The van der Waals surface area contributed by atoms with Crippen molar-refractivity contribution >= 4 is 5.96 Å². The molecule has 0 aromatic rings. The predicted molar refractivity (Wildman–Crippen MR) is 67.8 cm³/mol. The molecule has 0 aromatic heterocycles. The van der Waals surface area contributed by atoms with E-state index in [1.807, 2.05) is 7.05 Å². The van der Waals surface area contributed by atoms with E-state index in [0.717, 1.165) is 11.9 Å². The molecular formula is C12H25N3O. The van der Waals surface area contributed by atoms with E-state index in [9.17, 15) is 0 Å². The van der Waals surface area contributed by atoms with E-state index in [0.29, 0.717) is 18.7 Å². The van der Waals surface area contributed by atoms with Crippen LogP contribution >= 0.6 is 0 Å². The van der Waals surface area contributed by atoms with Gasteiger partial charge in [0, 0.05) is 26.2 Å². The van der Waals surface area contributed by atoms with E-state index in [1.54, 1.807) is 7.11 Å². The van der Waals surface area contributed by atoms with Crippen molar-refractivity contribution in [2.45, 2.75) is 45.2 Å². The summed E-state index contributed by atoms with van der Waals surface area (Å²) in [6.07, 6.45) is 3.88. The number of hydrogen-bond acceptors (Lipinski definition) is 2. The summed E-state index contributed by atoms with van der Waals surface area (Å²) in [4.78, 5) is 4.22. The first-order valence-electron chi connectivity index (χ1n) is 6.20. The van der Waals surface area contributed by atoms with E-state index >= 15 is 0 Å². The van der Waals surface area contributed by atoms with Gasteiger partial charge in [-0.15, -0.1) is 0 Å². The third-order valence-corrected chi connectivity index (χ3v) is 2.93. The molecule has 0 aromatic carbocycles. The van der Waals surface area contributed by atoms with Crippen LogP contribution in [0.25, 0.3) is 0 Å². The van der Waals surface area contributed by atoms with Crippen LogP contribution in [0.2, 0.25) is 0 Å². The number of nitrogens with zero attached hydrogens (tertiary/aromatic N) is 1. The minimum Gasteiger partial charge on any atom is -0.383 e. The van der Waals surface area contributed by atoms with Gasteiger partial charge in [-0.05, 0) is 25.7 Å². The monoisotopic (exact) mass is 227 g/mol. The van der Waals surface area contributed by atoms with Crippen LogP contribution in [0, 0.1) is 5.92 Å². The van der Waals surface area contributed by atoms with Gasteiger partial charge in [-0.2, -0.15) is 0 Å². The first-order chi connectivity index (χ1) is 7.71. The number of rotatable bonds is 6. The molecule has 2 N–H and O–H groups in total. The number of hydrogen-bond donors (Lipinski definition) is 2. The third-order valence-electron chi connectivity index (χ3n) is 2.93. The van der Waals surface area contributed by atoms with Gasteiger partial charge in [-0.25, -0.2) is 0 Å². The summed E-state index contributed by atoms with van der Waals surface area (Å²) >= 11 is 0. The summed E-state index contributed by atoms with van der Waals surface area (Å²) in [5, 5.41) is 6.76. The summed E-state index contributed by atoms with van der Waals surface area (Å²) in [7, 11) is 3.53. The molecule has 4 heteroatoms. The van der Waals surface area contributed by atoms with Gasteiger partial charge in [0.05, 0.1) is 6.61 Å². The first kappa shape index (κ1) is 13.3. The molecule has 1 aliphatic carbocycles.